The summed E-state index contributed by atoms with van der Waals surface area (Å²) in [6.45, 7) is 3.86. The second-order valence-corrected chi connectivity index (χ2v) is 8.33. The van der Waals surface area contributed by atoms with Crippen LogP contribution in [0, 0.1) is 0 Å². The molecule has 3 heterocycles. The predicted octanol–water partition coefficient (Wildman–Crippen LogP) is 3.32. The molecule has 7 nitrogen and oxygen atoms in total. The highest BCUT2D eigenvalue weighted by molar-refractivity contribution is 7.99. The van der Waals surface area contributed by atoms with E-state index >= 15 is 0 Å². The highest BCUT2D eigenvalue weighted by Gasteiger charge is 2.20. The minimum absolute atomic E-state index is 0.467. The van der Waals surface area contributed by atoms with E-state index < -0.39 is 0 Å². The molecule has 1 aliphatic heterocycles. The molecular weight excluding hydrogens is 386 g/mol. The molecule has 0 bridgehead atoms. The standard InChI is InChI=1S/C21H27N5O2S/c1-25-15-23-24-21(25)29-20-9-8-19(28-20)12-22-17-6-4-10-26(14-17)13-16-5-3-7-18(11-16)27-2/h3,5,7-9,11,15,17,22H,4,6,10,12-14H2,1-2H3/t17-/m1/s1. The quantitative estimate of drug-likeness (QED) is 0.607. The zero-order chi connectivity index (χ0) is 20.1. The van der Waals surface area contributed by atoms with Gasteiger partial charge in [-0.25, -0.2) is 0 Å². The van der Waals surface area contributed by atoms with Crippen molar-refractivity contribution in [2.24, 2.45) is 7.05 Å². The molecule has 1 saturated heterocycles. The topological polar surface area (TPSA) is 68.3 Å². The number of hydrogen-bond acceptors (Lipinski definition) is 7. The lowest BCUT2D eigenvalue weighted by Crippen LogP contribution is -2.44. The van der Waals surface area contributed by atoms with Crippen molar-refractivity contribution >= 4 is 11.8 Å². The first-order chi connectivity index (χ1) is 14.2. The van der Waals surface area contributed by atoms with Crippen LogP contribution >= 0.6 is 11.8 Å². The number of methoxy groups -OCH3 is 1. The van der Waals surface area contributed by atoms with E-state index in [4.69, 9.17) is 9.15 Å². The van der Waals surface area contributed by atoms with Crippen molar-refractivity contribution in [1.29, 1.82) is 0 Å². The van der Waals surface area contributed by atoms with Crippen LogP contribution in [0.2, 0.25) is 0 Å². The fraction of sp³-hybridized carbons (Fsp3) is 0.429. The van der Waals surface area contributed by atoms with E-state index in [0.29, 0.717) is 6.04 Å². The van der Waals surface area contributed by atoms with Gasteiger partial charge in [0.05, 0.1) is 13.7 Å². The summed E-state index contributed by atoms with van der Waals surface area (Å²) in [6.07, 6.45) is 4.08. The second-order valence-electron chi connectivity index (χ2n) is 7.35. The van der Waals surface area contributed by atoms with Gasteiger partial charge in [-0.05, 0) is 61.0 Å². The molecule has 8 heteroatoms. The van der Waals surface area contributed by atoms with Gasteiger partial charge in [-0.2, -0.15) is 0 Å². The summed E-state index contributed by atoms with van der Waals surface area (Å²) in [5, 5.41) is 13.3. The van der Waals surface area contributed by atoms with Crippen LogP contribution in [0.5, 0.6) is 5.75 Å². The van der Waals surface area contributed by atoms with Crippen LogP contribution in [-0.2, 0) is 20.1 Å². The van der Waals surface area contributed by atoms with Gasteiger partial charge in [-0.15, -0.1) is 10.2 Å². The molecule has 1 aliphatic rings. The third kappa shape index (κ3) is 5.41. The lowest BCUT2D eigenvalue weighted by molar-refractivity contribution is 0.180. The fourth-order valence-corrected chi connectivity index (χ4v) is 4.35. The summed E-state index contributed by atoms with van der Waals surface area (Å²) in [5.41, 5.74) is 1.29. The number of piperidine rings is 1. The Morgan fingerprint density at radius 2 is 2.24 bits per heavy atom. The number of hydrogen-bond donors (Lipinski definition) is 1. The molecule has 3 aromatic rings. The SMILES string of the molecule is COc1cccc(CN2CCC[C@@H](NCc3ccc(Sc4nncn4C)o3)C2)c1. The third-order valence-corrected chi connectivity index (χ3v) is 6.08. The molecule has 1 atom stereocenters. The summed E-state index contributed by atoms with van der Waals surface area (Å²) < 4.78 is 13.2. The van der Waals surface area contributed by atoms with Gasteiger partial charge in [-0.3, -0.25) is 4.90 Å². The molecule has 4 rings (SSSR count). The van der Waals surface area contributed by atoms with Crippen LogP contribution in [-0.4, -0.2) is 45.9 Å². The van der Waals surface area contributed by atoms with Crippen molar-refractivity contribution in [2.45, 2.75) is 42.2 Å². The number of nitrogens with one attached hydrogen (secondary N) is 1. The molecule has 29 heavy (non-hydrogen) atoms. The van der Waals surface area contributed by atoms with E-state index in [1.807, 2.05) is 29.8 Å². The fourth-order valence-electron chi connectivity index (χ4n) is 3.60. The van der Waals surface area contributed by atoms with Crippen molar-refractivity contribution < 1.29 is 9.15 Å². The zero-order valence-electron chi connectivity index (χ0n) is 16.9. The monoisotopic (exact) mass is 413 g/mol. The van der Waals surface area contributed by atoms with Gasteiger partial charge in [0.2, 0.25) is 0 Å². The maximum absolute atomic E-state index is 5.94. The normalized spacial score (nSPS) is 17.5. The highest BCUT2D eigenvalue weighted by atomic mass is 32.2. The summed E-state index contributed by atoms with van der Waals surface area (Å²) in [4.78, 5) is 2.51. The molecular formula is C21H27N5O2S. The van der Waals surface area contributed by atoms with Gasteiger partial charge >= 0.3 is 0 Å². The summed E-state index contributed by atoms with van der Waals surface area (Å²) in [6, 6.07) is 12.8. The van der Waals surface area contributed by atoms with Crippen molar-refractivity contribution in [3.8, 4) is 5.75 Å². The van der Waals surface area contributed by atoms with Crippen LogP contribution in [0.3, 0.4) is 0 Å². The van der Waals surface area contributed by atoms with Crippen molar-refractivity contribution in [1.82, 2.24) is 25.0 Å². The second kappa shape index (κ2) is 9.47. The Morgan fingerprint density at radius 3 is 3.07 bits per heavy atom. The number of rotatable bonds is 8. The Bertz CT molecular complexity index is 925. The number of likely N-dealkylation sites (tertiary alicyclic amines) is 1. The first kappa shape index (κ1) is 20.0. The summed E-state index contributed by atoms with van der Waals surface area (Å²) in [5.74, 6) is 1.86. The van der Waals surface area contributed by atoms with Crippen molar-refractivity contribution in [3.05, 3.63) is 54.0 Å². The van der Waals surface area contributed by atoms with E-state index in [1.54, 1.807) is 13.4 Å². The molecule has 154 valence electrons. The number of furan rings is 1. The van der Waals surface area contributed by atoms with Gasteiger partial charge in [0.25, 0.3) is 0 Å². The van der Waals surface area contributed by atoms with Gasteiger partial charge in [-0.1, -0.05) is 12.1 Å². The van der Waals surface area contributed by atoms with E-state index in [1.165, 1.54) is 30.2 Å². The predicted molar refractivity (Wildman–Crippen MR) is 112 cm³/mol. The average Bonchev–Trinajstić information content (AvgIpc) is 3.36. The Hall–Kier alpha value is -2.29. The molecule has 0 radical (unpaired) electrons. The maximum atomic E-state index is 5.94. The number of aryl methyl sites for hydroxylation is 1. The van der Waals surface area contributed by atoms with Crippen LogP contribution in [0.25, 0.3) is 0 Å². The Morgan fingerprint density at radius 1 is 1.31 bits per heavy atom. The first-order valence-corrected chi connectivity index (χ1v) is 10.7. The molecule has 0 saturated carbocycles. The largest absolute Gasteiger partial charge is 0.497 e. The lowest BCUT2D eigenvalue weighted by atomic mass is 10.0. The van der Waals surface area contributed by atoms with E-state index in [9.17, 15) is 0 Å². The van der Waals surface area contributed by atoms with E-state index in [-0.39, 0.29) is 0 Å². The molecule has 1 N–H and O–H groups in total. The van der Waals surface area contributed by atoms with Crippen LogP contribution in [0.15, 0.2) is 57.4 Å². The molecule has 0 unspecified atom stereocenters. The molecule has 1 aromatic carbocycles. The van der Waals surface area contributed by atoms with Gasteiger partial charge in [0.15, 0.2) is 10.2 Å². The minimum atomic E-state index is 0.467. The Labute approximate surface area is 175 Å². The Kier molecular flexibility index (Phi) is 6.53. The van der Waals surface area contributed by atoms with E-state index in [0.717, 1.165) is 47.9 Å². The average molecular weight is 414 g/mol. The Balaban J connectivity index is 1.27. The first-order valence-electron chi connectivity index (χ1n) is 9.89. The highest BCUT2D eigenvalue weighted by Crippen LogP contribution is 2.27. The molecule has 1 fully saturated rings. The molecule has 0 aliphatic carbocycles. The molecule has 2 aromatic heterocycles. The molecule has 0 spiro atoms. The number of nitrogens with zero attached hydrogens (tertiary/aromatic N) is 4. The van der Waals surface area contributed by atoms with Crippen LogP contribution in [0.1, 0.15) is 24.2 Å². The van der Waals surface area contributed by atoms with Crippen LogP contribution < -0.4 is 10.1 Å². The summed E-state index contributed by atoms with van der Waals surface area (Å²) in [7, 11) is 3.64. The smallest absolute Gasteiger partial charge is 0.198 e. The number of aromatic nitrogens is 3. The third-order valence-electron chi connectivity index (χ3n) is 5.11. The minimum Gasteiger partial charge on any atom is -0.497 e. The summed E-state index contributed by atoms with van der Waals surface area (Å²) >= 11 is 1.48. The van der Waals surface area contributed by atoms with E-state index in [2.05, 4.69) is 38.6 Å². The van der Waals surface area contributed by atoms with Gasteiger partial charge in [0.1, 0.15) is 17.8 Å². The number of ether oxygens (including phenoxy) is 1. The van der Waals surface area contributed by atoms with Crippen molar-refractivity contribution in [2.75, 3.05) is 20.2 Å². The van der Waals surface area contributed by atoms with Crippen LogP contribution in [0.4, 0.5) is 0 Å². The molecule has 0 amide bonds. The lowest BCUT2D eigenvalue weighted by Gasteiger charge is -2.33. The maximum Gasteiger partial charge on any atom is 0.198 e. The zero-order valence-corrected chi connectivity index (χ0v) is 17.7. The number of benzene rings is 1. The van der Waals surface area contributed by atoms with Gasteiger partial charge < -0.3 is 19.0 Å². The van der Waals surface area contributed by atoms with Crippen molar-refractivity contribution in [3.63, 3.8) is 0 Å². The van der Waals surface area contributed by atoms with Gasteiger partial charge in [0, 0.05) is 26.2 Å².